The summed E-state index contributed by atoms with van der Waals surface area (Å²) >= 11 is 0. The number of carbonyl (C=O) groups is 1. The van der Waals surface area contributed by atoms with E-state index >= 15 is 0 Å². The van der Waals surface area contributed by atoms with Crippen molar-refractivity contribution in [2.75, 3.05) is 27.2 Å². The fourth-order valence-corrected chi connectivity index (χ4v) is 6.30. The molecular formula is C29H37N3O7S. The number of aryl methyl sites for hydroxylation is 1. The molecule has 1 saturated heterocycles. The van der Waals surface area contributed by atoms with Crippen LogP contribution in [0.1, 0.15) is 38.4 Å². The number of likely N-dealkylation sites (N-methyl/N-ethyl adjacent to an activating group) is 1. The first-order valence-corrected chi connectivity index (χ1v) is 14.4. The van der Waals surface area contributed by atoms with Crippen LogP contribution in [0.4, 0.5) is 0 Å². The van der Waals surface area contributed by atoms with E-state index in [4.69, 9.17) is 14.2 Å². The number of benzene rings is 2. The molecule has 0 aliphatic carbocycles. The van der Waals surface area contributed by atoms with Crippen molar-refractivity contribution in [2.45, 2.75) is 63.2 Å². The minimum atomic E-state index is -4.00. The SMILES string of the molecule is COC(=O)CC1(N(C)S(=O)(=O)c2ccc(OCc3cc(C)nc4ccccc34)cc2)CN(C(O)OC(C)(C)C)C1. The quantitative estimate of drug-likeness (QED) is 0.288. The molecule has 1 aliphatic heterocycles. The Morgan fingerprint density at radius 1 is 1.15 bits per heavy atom. The summed E-state index contributed by atoms with van der Waals surface area (Å²) in [6.45, 7) is 7.84. The number of hydrogen-bond acceptors (Lipinski definition) is 9. The van der Waals surface area contributed by atoms with Gasteiger partial charge in [-0.15, -0.1) is 0 Å². The highest BCUT2D eigenvalue weighted by Gasteiger charge is 2.54. The average Bonchev–Trinajstić information content (AvgIpc) is 2.87. The molecule has 4 rings (SSSR count). The Morgan fingerprint density at radius 3 is 2.42 bits per heavy atom. The minimum Gasteiger partial charge on any atom is -0.489 e. The minimum absolute atomic E-state index is 0.0572. The summed E-state index contributed by atoms with van der Waals surface area (Å²) in [5.74, 6) is -0.0303. The van der Waals surface area contributed by atoms with Gasteiger partial charge in [0.25, 0.3) is 0 Å². The van der Waals surface area contributed by atoms with Crippen molar-refractivity contribution in [3.8, 4) is 5.75 Å². The van der Waals surface area contributed by atoms with Crippen LogP contribution >= 0.6 is 0 Å². The molecule has 1 aliphatic rings. The molecule has 0 bridgehead atoms. The predicted molar refractivity (Wildman–Crippen MR) is 150 cm³/mol. The molecule has 0 spiro atoms. The zero-order valence-corrected chi connectivity index (χ0v) is 24.6. The Balaban J connectivity index is 1.49. The van der Waals surface area contributed by atoms with Gasteiger partial charge in [-0.3, -0.25) is 14.7 Å². The number of aliphatic hydroxyl groups is 1. The number of carbonyl (C=O) groups excluding carboxylic acids is 1. The second-order valence-electron chi connectivity index (χ2n) is 11.1. The third-order valence-electron chi connectivity index (χ3n) is 6.94. The average molecular weight is 572 g/mol. The molecule has 1 aromatic heterocycles. The number of nitrogens with zero attached hydrogens (tertiary/aromatic N) is 3. The smallest absolute Gasteiger partial charge is 0.307 e. The number of aromatic nitrogens is 1. The Kier molecular flexibility index (Phi) is 8.53. The van der Waals surface area contributed by atoms with Crippen molar-refractivity contribution in [3.05, 3.63) is 65.9 Å². The van der Waals surface area contributed by atoms with Crippen LogP contribution in [0.15, 0.2) is 59.5 Å². The van der Waals surface area contributed by atoms with Crippen molar-refractivity contribution in [3.63, 3.8) is 0 Å². The number of fused-ring (bicyclic) bond motifs is 1. The number of aliphatic hydroxyl groups excluding tert-OH is 1. The molecule has 216 valence electrons. The highest BCUT2D eigenvalue weighted by molar-refractivity contribution is 7.89. The normalized spacial score (nSPS) is 16.5. The Labute approximate surface area is 235 Å². The van der Waals surface area contributed by atoms with Gasteiger partial charge >= 0.3 is 5.97 Å². The van der Waals surface area contributed by atoms with E-state index in [1.807, 2.05) is 58.0 Å². The van der Waals surface area contributed by atoms with Crippen LogP contribution in [-0.4, -0.2) is 78.5 Å². The van der Waals surface area contributed by atoms with Crippen LogP contribution in [0.5, 0.6) is 5.75 Å². The summed E-state index contributed by atoms with van der Waals surface area (Å²) in [4.78, 5) is 18.4. The topological polar surface area (TPSA) is 118 Å². The van der Waals surface area contributed by atoms with Crippen molar-refractivity contribution < 1.29 is 32.5 Å². The predicted octanol–water partition coefficient (Wildman–Crippen LogP) is 3.45. The second kappa shape index (κ2) is 11.4. The molecule has 1 unspecified atom stereocenters. The van der Waals surface area contributed by atoms with Crippen molar-refractivity contribution in [1.29, 1.82) is 0 Å². The van der Waals surface area contributed by atoms with E-state index < -0.39 is 33.5 Å². The molecule has 0 amide bonds. The Bertz CT molecular complexity index is 1460. The highest BCUT2D eigenvalue weighted by Crippen LogP contribution is 2.37. The number of para-hydroxylation sites is 1. The summed E-state index contributed by atoms with van der Waals surface area (Å²) in [5, 5.41) is 11.5. The molecule has 1 atom stereocenters. The van der Waals surface area contributed by atoms with Crippen LogP contribution in [0, 0.1) is 6.92 Å². The van der Waals surface area contributed by atoms with Gasteiger partial charge in [-0.05, 0) is 64.1 Å². The molecular weight excluding hydrogens is 534 g/mol. The van der Waals surface area contributed by atoms with Crippen molar-refractivity contribution in [1.82, 2.24) is 14.2 Å². The number of esters is 1. The lowest BCUT2D eigenvalue weighted by Crippen LogP contribution is -2.73. The highest BCUT2D eigenvalue weighted by atomic mass is 32.2. The van der Waals surface area contributed by atoms with E-state index in [2.05, 4.69) is 4.98 Å². The van der Waals surface area contributed by atoms with Crippen LogP contribution in [0.2, 0.25) is 0 Å². The van der Waals surface area contributed by atoms with E-state index in [0.717, 1.165) is 22.2 Å². The number of pyridine rings is 1. The number of likely N-dealkylation sites (tertiary alicyclic amines) is 1. The van der Waals surface area contributed by atoms with Gasteiger partial charge in [0.1, 0.15) is 12.4 Å². The maximum absolute atomic E-state index is 13.6. The standard InChI is InChI=1S/C29H37N3O7S/c1-20-15-21(24-9-7-8-10-25(24)30-20)17-38-22-11-13-23(14-12-22)40(35,36)31(5)29(16-26(33)37-6)18-32(19-29)27(34)39-28(2,3)4/h7-15,27,34H,16-19H2,1-6H3. The Morgan fingerprint density at radius 2 is 1.80 bits per heavy atom. The van der Waals surface area contributed by atoms with Gasteiger partial charge in [0.15, 0.2) is 0 Å². The lowest BCUT2D eigenvalue weighted by Gasteiger charge is -2.54. The maximum Gasteiger partial charge on any atom is 0.307 e. The molecule has 11 heteroatoms. The molecule has 2 heterocycles. The first-order chi connectivity index (χ1) is 18.7. The summed E-state index contributed by atoms with van der Waals surface area (Å²) in [6.07, 6.45) is -1.40. The lowest BCUT2D eigenvalue weighted by atomic mass is 9.86. The molecule has 0 radical (unpaired) electrons. The van der Waals surface area contributed by atoms with Crippen LogP contribution in [0.3, 0.4) is 0 Å². The molecule has 2 aromatic carbocycles. The van der Waals surface area contributed by atoms with E-state index in [9.17, 15) is 18.3 Å². The van der Waals surface area contributed by atoms with Gasteiger partial charge < -0.3 is 19.3 Å². The van der Waals surface area contributed by atoms with E-state index in [1.54, 1.807) is 17.0 Å². The fraction of sp³-hybridized carbons (Fsp3) is 0.448. The first-order valence-electron chi connectivity index (χ1n) is 13.0. The van der Waals surface area contributed by atoms with E-state index in [0.29, 0.717) is 12.4 Å². The van der Waals surface area contributed by atoms with Crippen molar-refractivity contribution >= 4 is 26.9 Å². The number of ether oxygens (including phenoxy) is 3. The number of hydrogen-bond donors (Lipinski definition) is 1. The zero-order chi connectivity index (χ0) is 29.3. The number of sulfonamides is 1. The van der Waals surface area contributed by atoms with Crippen molar-refractivity contribution in [2.24, 2.45) is 0 Å². The van der Waals surface area contributed by atoms with Gasteiger partial charge in [0.05, 0.1) is 35.1 Å². The lowest BCUT2D eigenvalue weighted by molar-refractivity contribution is -0.271. The summed E-state index contributed by atoms with van der Waals surface area (Å²) in [6, 6.07) is 16.0. The third kappa shape index (κ3) is 6.45. The zero-order valence-electron chi connectivity index (χ0n) is 23.7. The second-order valence-corrected chi connectivity index (χ2v) is 13.1. The van der Waals surface area contributed by atoms with Crippen LogP contribution in [0.25, 0.3) is 10.9 Å². The van der Waals surface area contributed by atoms with Gasteiger partial charge in [-0.1, -0.05) is 18.2 Å². The fourth-order valence-electron chi connectivity index (χ4n) is 4.82. The van der Waals surface area contributed by atoms with E-state index in [-0.39, 0.29) is 24.4 Å². The molecule has 0 saturated carbocycles. The maximum atomic E-state index is 13.6. The largest absolute Gasteiger partial charge is 0.489 e. The molecule has 10 nitrogen and oxygen atoms in total. The van der Waals surface area contributed by atoms with Crippen LogP contribution < -0.4 is 4.74 Å². The van der Waals surface area contributed by atoms with E-state index in [1.165, 1.54) is 30.6 Å². The van der Waals surface area contributed by atoms with Gasteiger partial charge in [0.2, 0.25) is 16.4 Å². The summed E-state index contributed by atoms with van der Waals surface area (Å²) < 4.78 is 44.9. The molecule has 3 aromatic rings. The van der Waals surface area contributed by atoms with Gasteiger partial charge in [0, 0.05) is 36.8 Å². The Hall–Kier alpha value is -3.09. The van der Waals surface area contributed by atoms with Gasteiger partial charge in [-0.2, -0.15) is 4.31 Å². The number of rotatable bonds is 10. The molecule has 1 fully saturated rings. The molecule has 1 N–H and O–H groups in total. The first kappa shape index (κ1) is 29.9. The van der Waals surface area contributed by atoms with Crippen LogP contribution in [-0.2, 0) is 30.9 Å². The monoisotopic (exact) mass is 571 g/mol. The van der Waals surface area contributed by atoms with Gasteiger partial charge in [-0.25, -0.2) is 8.42 Å². The molecule has 40 heavy (non-hydrogen) atoms. The number of methoxy groups -OCH3 is 1. The summed E-state index contributed by atoms with van der Waals surface area (Å²) in [7, 11) is -1.31. The summed E-state index contributed by atoms with van der Waals surface area (Å²) in [5.41, 5.74) is 1.04. The third-order valence-corrected chi connectivity index (χ3v) is 8.92.